The SMILES string of the molecule is COc1ccc(N2CCO[C@H]2c2cn(Cc3ccccc3C)nn2)cc1. The van der Waals surface area contributed by atoms with Crippen molar-refractivity contribution in [3.8, 4) is 5.75 Å². The lowest BCUT2D eigenvalue weighted by Gasteiger charge is -2.23. The summed E-state index contributed by atoms with van der Waals surface area (Å²) < 4.78 is 13.0. The summed E-state index contributed by atoms with van der Waals surface area (Å²) in [6.45, 7) is 4.30. The number of aryl methyl sites for hydroxylation is 1. The summed E-state index contributed by atoms with van der Waals surface area (Å²) in [5.74, 6) is 0.842. The van der Waals surface area contributed by atoms with Gasteiger partial charge in [-0.2, -0.15) is 0 Å². The van der Waals surface area contributed by atoms with Gasteiger partial charge in [-0.1, -0.05) is 29.5 Å². The summed E-state index contributed by atoms with van der Waals surface area (Å²) in [7, 11) is 1.67. The van der Waals surface area contributed by atoms with E-state index in [4.69, 9.17) is 9.47 Å². The van der Waals surface area contributed by atoms with E-state index < -0.39 is 0 Å². The van der Waals surface area contributed by atoms with Crippen LogP contribution in [0.4, 0.5) is 5.69 Å². The van der Waals surface area contributed by atoms with Crippen molar-refractivity contribution in [3.63, 3.8) is 0 Å². The van der Waals surface area contributed by atoms with Crippen LogP contribution in [0.25, 0.3) is 0 Å². The third-order valence-electron chi connectivity index (χ3n) is 4.70. The fourth-order valence-electron chi connectivity index (χ4n) is 3.22. The van der Waals surface area contributed by atoms with Gasteiger partial charge in [-0.15, -0.1) is 5.10 Å². The van der Waals surface area contributed by atoms with Crippen molar-refractivity contribution in [1.29, 1.82) is 0 Å². The molecule has 4 rings (SSSR count). The number of ether oxygens (including phenoxy) is 2. The minimum Gasteiger partial charge on any atom is -0.497 e. The lowest BCUT2D eigenvalue weighted by atomic mass is 10.1. The normalized spacial score (nSPS) is 16.8. The second-order valence-corrected chi connectivity index (χ2v) is 6.38. The topological polar surface area (TPSA) is 52.4 Å². The van der Waals surface area contributed by atoms with Crippen LogP contribution in [0.2, 0.25) is 0 Å². The molecule has 0 spiro atoms. The number of hydrogen-bond donors (Lipinski definition) is 0. The lowest BCUT2D eigenvalue weighted by molar-refractivity contribution is 0.110. The number of aromatic nitrogens is 3. The maximum Gasteiger partial charge on any atom is 0.177 e. The third kappa shape index (κ3) is 3.28. The maximum absolute atomic E-state index is 5.93. The van der Waals surface area contributed by atoms with Gasteiger partial charge >= 0.3 is 0 Å². The summed E-state index contributed by atoms with van der Waals surface area (Å²) in [5.41, 5.74) is 4.40. The predicted molar refractivity (Wildman–Crippen MR) is 99.3 cm³/mol. The molecule has 26 heavy (non-hydrogen) atoms. The number of nitrogens with zero attached hydrogens (tertiary/aromatic N) is 4. The summed E-state index contributed by atoms with van der Waals surface area (Å²) in [5, 5.41) is 8.65. The zero-order chi connectivity index (χ0) is 17.9. The van der Waals surface area contributed by atoms with E-state index in [1.807, 2.05) is 47.3 Å². The number of methoxy groups -OCH3 is 1. The molecule has 6 nitrogen and oxygen atoms in total. The highest BCUT2D eigenvalue weighted by atomic mass is 16.5. The highest BCUT2D eigenvalue weighted by Crippen LogP contribution is 2.32. The Bertz CT molecular complexity index is 876. The minimum absolute atomic E-state index is 0.214. The van der Waals surface area contributed by atoms with Crippen molar-refractivity contribution in [2.24, 2.45) is 0 Å². The van der Waals surface area contributed by atoms with Gasteiger partial charge in [-0.25, -0.2) is 4.68 Å². The van der Waals surface area contributed by atoms with E-state index in [2.05, 4.69) is 34.3 Å². The second-order valence-electron chi connectivity index (χ2n) is 6.38. The Morgan fingerprint density at radius 1 is 1.15 bits per heavy atom. The summed E-state index contributed by atoms with van der Waals surface area (Å²) >= 11 is 0. The van der Waals surface area contributed by atoms with E-state index in [9.17, 15) is 0 Å². The fraction of sp³-hybridized carbons (Fsp3) is 0.300. The van der Waals surface area contributed by atoms with E-state index in [1.54, 1.807) is 7.11 Å². The van der Waals surface area contributed by atoms with E-state index in [0.29, 0.717) is 13.2 Å². The second kappa shape index (κ2) is 7.17. The first kappa shape index (κ1) is 16.6. The molecule has 1 aliphatic rings. The average molecular weight is 350 g/mol. The molecule has 6 heteroatoms. The molecule has 0 unspecified atom stereocenters. The molecule has 0 radical (unpaired) electrons. The van der Waals surface area contributed by atoms with Crippen LogP contribution < -0.4 is 9.64 Å². The molecule has 0 saturated carbocycles. The van der Waals surface area contributed by atoms with Crippen LogP contribution >= 0.6 is 0 Å². The highest BCUT2D eigenvalue weighted by Gasteiger charge is 2.29. The van der Waals surface area contributed by atoms with E-state index in [0.717, 1.165) is 23.7 Å². The van der Waals surface area contributed by atoms with Gasteiger partial charge in [-0.05, 0) is 42.3 Å². The molecule has 1 saturated heterocycles. The standard InChI is InChI=1S/C20H22N4O2/c1-15-5-3-4-6-16(15)13-23-14-19(21-22-23)20-24(11-12-26-20)17-7-9-18(25-2)10-8-17/h3-10,14,20H,11-13H2,1-2H3/t20-/m0/s1. The van der Waals surface area contributed by atoms with Crippen LogP contribution in [0.1, 0.15) is 23.0 Å². The molecular formula is C20H22N4O2. The smallest absolute Gasteiger partial charge is 0.177 e. The van der Waals surface area contributed by atoms with Crippen molar-refractivity contribution < 1.29 is 9.47 Å². The molecule has 2 heterocycles. The minimum atomic E-state index is -0.214. The quantitative estimate of drug-likeness (QED) is 0.707. The molecule has 2 aromatic carbocycles. The first-order chi connectivity index (χ1) is 12.7. The number of rotatable bonds is 5. The molecule has 1 atom stereocenters. The van der Waals surface area contributed by atoms with Gasteiger partial charge < -0.3 is 14.4 Å². The largest absolute Gasteiger partial charge is 0.497 e. The molecule has 3 aromatic rings. The average Bonchev–Trinajstić information content (AvgIpc) is 3.33. The fourth-order valence-corrected chi connectivity index (χ4v) is 3.22. The zero-order valence-corrected chi connectivity index (χ0v) is 15.0. The molecular weight excluding hydrogens is 328 g/mol. The summed E-state index contributed by atoms with van der Waals surface area (Å²) in [6.07, 6.45) is 1.76. The summed E-state index contributed by atoms with van der Waals surface area (Å²) in [4.78, 5) is 2.20. The van der Waals surface area contributed by atoms with Gasteiger partial charge in [0.15, 0.2) is 6.23 Å². The Morgan fingerprint density at radius 3 is 2.73 bits per heavy atom. The molecule has 0 amide bonds. The molecule has 1 fully saturated rings. The number of benzene rings is 2. The van der Waals surface area contributed by atoms with Crippen LogP contribution in [0.3, 0.4) is 0 Å². The molecule has 0 bridgehead atoms. The van der Waals surface area contributed by atoms with Crippen molar-refractivity contribution in [3.05, 3.63) is 71.5 Å². The van der Waals surface area contributed by atoms with E-state index >= 15 is 0 Å². The van der Waals surface area contributed by atoms with Crippen LogP contribution in [0.5, 0.6) is 5.75 Å². The van der Waals surface area contributed by atoms with Crippen LogP contribution in [0, 0.1) is 6.92 Å². The third-order valence-corrected chi connectivity index (χ3v) is 4.70. The maximum atomic E-state index is 5.93. The summed E-state index contributed by atoms with van der Waals surface area (Å²) in [6, 6.07) is 16.3. The van der Waals surface area contributed by atoms with Gasteiger partial charge in [0.1, 0.15) is 11.4 Å². The number of anilines is 1. The van der Waals surface area contributed by atoms with Gasteiger partial charge in [0.25, 0.3) is 0 Å². The van der Waals surface area contributed by atoms with Crippen molar-refractivity contribution in [2.75, 3.05) is 25.2 Å². The van der Waals surface area contributed by atoms with Crippen molar-refractivity contribution >= 4 is 5.69 Å². The van der Waals surface area contributed by atoms with E-state index in [-0.39, 0.29) is 6.23 Å². The first-order valence-electron chi connectivity index (χ1n) is 8.71. The monoisotopic (exact) mass is 350 g/mol. The first-order valence-corrected chi connectivity index (χ1v) is 8.71. The Hall–Kier alpha value is -2.86. The predicted octanol–water partition coefficient (Wildman–Crippen LogP) is 3.18. The highest BCUT2D eigenvalue weighted by molar-refractivity contribution is 5.50. The zero-order valence-electron chi connectivity index (χ0n) is 15.0. The Kier molecular flexibility index (Phi) is 4.58. The molecule has 134 valence electrons. The molecule has 1 aromatic heterocycles. The Balaban J connectivity index is 1.53. The van der Waals surface area contributed by atoms with Gasteiger partial charge in [0, 0.05) is 12.2 Å². The van der Waals surface area contributed by atoms with Crippen LogP contribution in [0.15, 0.2) is 54.7 Å². The lowest BCUT2D eigenvalue weighted by Crippen LogP contribution is -2.23. The molecule has 1 aliphatic heterocycles. The van der Waals surface area contributed by atoms with E-state index in [1.165, 1.54) is 11.1 Å². The van der Waals surface area contributed by atoms with Crippen molar-refractivity contribution in [2.45, 2.75) is 19.7 Å². The molecule has 0 aliphatic carbocycles. The molecule has 0 N–H and O–H groups in total. The Labute approximate surface area is 153 Å². The van der Waals surface area contributed by atoms with Crippen LogP contribution in [-0.4, -0.2) is 35.3 Å². The Morgan fingerprint density at radius 2 is 1.96 bits per heavy atom. The van der Waals surface area contributed by atoms with Gasteiger partial charge in [0.05, 0.1) is 26.5 Å². The van der Waals surface area contributed by atoms with Crippen LogP contribution in [-0.2, 0) is 11.3 Å². The van der Waals surface area contributed by atoms with Crippen molar-refractivity contribution in [1.82, 2.24) is 15.0 Å². The number of hydrogen-bond acceptors (Lipinski definition) is 5. The van der Waals surface area contributed by atoms with Gasteiger partial charge in [-0.3, -0.25) is 0 Å². The van der Waals surface area contributed by atoms with Gasteiger partial charge in [0.2, 0.25) is 0 Å².